The third kappa shape index (κ3) is 7.61. The lowest BCUT2D eigenvalue weighted by atomic mass is 10.1. The fraction of sp³-hybridized carbons (Fsp3) is 0.579. The molecule has 0 spiro atoms. The van der Waals surface area contributed by atoms with Gasteiger partial charge in [-0.1, -0.05) is 12.1 Å². The summed E-state index contributed by atoms with van der Waals surface area (Å²) in [7, 11) is 3.97. The number of rotatable bonds is 7. The van der Waals surface area contributed by atoms with Crippen molar-refractivity contribution in [3.05, 3.63) is 35.6 Å². The number of hydrogen-bond donors (Lipinski definition) is 2. The van der Waals surface area contributed by atoms with Crippen LogP contribution in [0, 0.1) is 5.82 Å². The molecule has 2 rings (SSSR count). The number of hydrogen-bond acceptors (Lipinski definition) is 3. The Labute approximate surface area is 178 Å². The lowest BCUT2D eigenvalue weighted by Crippen LogP contribution is -2.42. The number of likely N-dealkylation sites (tertiary alicyclic amines) is 1. The van der Waals surface area contributed by atoms with Crippen molar-refractivity contribution >= 4 is 35.8 Å². The van der Waals surface area contributed by atoms with Crippen LogP contribution in [-0.4, -0.2) is 68.5 Å². The van der Waals surface area contributed by atoms with E-state index in [1.165, 1.54) is 12.1 Å². The maximum Gasteiger partial charge on any atom is 0.244 e. The highest BCUT2D eigenvalue weighted by molar-refractivity contribution is 14.0. The molecule has 1 unspecified atom stereocenters. The van der Waals surface area contributed by atoms with E-state index in [0.29, 0.717) is 19.0 Å². The zero-order chi connectivity index (χ0) is 18.9. The van der Waals surface area contributed by atoms with E-state index < -0.39 is 0 Å². The summed E-state index contributed by atoms with van der Waals surface area (Å²) in [6.07, 6.45) is 2.16. The predicted octanol–water partition coefficient (Wildman–Crippen LogP) is 2.22. The van der Waals surface area contributed by atoms with Crippen LogP contribution >= 0.6 is 24.0 Å². The van der Waals surface area contributed by atoms with E-state index >= 15 is 0 Å². The second kappa shape index (κ2) is 12.1. The maximum absolute atomic E-state index is 13.2. The number of nitrogens with one attached hydrogen (secondary N) is 2. The molecule has 1 atom stereocenters. The van der Waals surface area contributed by atoms with Gasteiger partial charge in [0.2, 0.25) is 5.91 Å². The minimum absolute atomic E-state index is 0. The number of carbonyl (C=O) groups excluding carboxylic acids is 1. The van der Waals surface area contributed by atoms with Crippen LogP contribution in [0.4, 0.5) is 4.39 Å². The zero-order valence-corrected chi connectivity index (χ0v) is 18.7. The molecule has 0 bridgehead atoms. The van der Waals surface area contributed by atoms with E-state index in [-0.39, 0.29) is 48.3 Å². The Hall–Kier alpha value is -1.42. The topological polar surface area (TPSA) is 60.0 Å². The van der Waals surface area contributed by atoms with Gasteiger partial charge in [-0.2, -0.15) is 0 Å². The fourth-order valence-electron chi connectivity index (χ4n) is 3.03. The largest absolute Gasteiger partial charge is 0.357 e. The van der Waals surface area contributed by atoms with E-state index in [2.05, 4.69) is 20.5 Å². The zero-order valence-electron chi connectivity index (χ0n) is 16.4. The third-order valence-electron chi connectivity index (χ3n) is 4.52. The van der Waals surface area contributed by atoms with Crippen LogP contribution in [0.3, 0.4) is 0 Å². The molecule has 1 heterocycles. The quantitative estimate of drug-likeness (QED) is 0.349. The van der Waals surface area contributed by atoms with Gasteiger partial charge in [0.15, 0.2) is 5.96 Å². The molecule has 1 aromatic rings. The van der Waals surface area contributed by atoms with Crippen LogP contribution in [0.5, 0.6) is 0 Å². The molecule has 0 radical (unpaired) electrons. The van der Waals surface area contributed by atoms with Gasteiger partial charge in [-0.05, 0) is 51.6 Å². The summed E-state index contributed by atoms with van der Waals surface area (Å²) in [5.41, 5.74) is 1.02. The number of likely N-dealkylation sites (N-methyl/N-ethyl adjacent to an activating group) is 1. The standard InChI is InChI=1S/C19H30FN5O.HI/c1-4-21-19(23-14-18(26)25-11-5-6-12-25)22-13-17(24(2)3)15-7-9-16(20)10-8-15;/h7-10,17H,4-6,11-14H2,1-3H3,(H2,21,22,23);1H. The fourth-order valence-corrected chi connectivity index (χ4v) is 3.03. The van der Waals surface area contributed by atoms with Crippen LogP contribution in [0.25, 0.3) is 0 Å². The van der Waals surface area contributed by atoms with E-state index in [9.17, 15) is 9.18 Å². The summed E-state index contributed by atoms with van der Waals surface area (Å²) >= 11 is 0. The summed E-state index contributed by atoms with van der Waals surface area (Å²) < 4.78 is 13.2. The van der Waals surface area contributed by atoms with Gasteiger partial charge in [0.25, 0.3) is 0 Å². The highest BCUT2D eigenvalue weighted by Crippen LogP contribution is 2.17. The number of nitrogens with zero attached hydrogens (tertiary/aromatic N) is 3. The molecule has 27 heavy (non-hydrogen) atoms. The average molecular weight is 491 g/mol. The van der Waals surface area contributed by atoms with Crippen molar-refractivity contribution in [2.75, 3.05) is 46.8 Å². The van der Waals surface area contributed by atoms with Crippen LogP contribution in [0.1, 0.15) is 31.4 Å². The Morgan fingerprint density at radius 2 is 1.85 bits per heavy atom. The Morgan fingerprint density at radius 3 is 2.41 bits per heavy atom. The molecule has 152 valence electrons. The van der Waals surface area contributed by atoms with Gasteiger partial charge >= 0.3 is 0 Å². The SMILES string of the molecule is CCNC(=NCC(=O)N1CCCC1)NCC(c1ccc(F)cc1)N(C)C.I. The molecule has 2 N–H and O–H groups in total. The average Bonchev–Trinajstić information content (AvgIpc) is 3.15. The summed E-state index contributed by atoms with van der Waals surface area (Å²) in [6.45, 7) is 5.13. The summed E-state index contributed by atoms with van der Waals surface area (Å²) in [5.74, 6) is 0.450. The van der Waals surface area contributed by atoms with Gasteiger partial charge in [-0.15, -0.1) is 24.0 Å². The first-order valence-electron chi connectivity index (χ1n) is 9.23. The van der Waals surface area contributed by atoms with E-state index in [0.717, 1.165) is 31.5 Å². The number of benzene rings is 1. The van der Waals surface area contributed by atoms with Gasteiger partial charge in [0.05, 0.1) is 6.04 Å². The molecule has 1 aliphatic heterocycles. The van der Waals surface area contributed by atoms with Crippen molar-refractivity contribution < 1.29 is 9.18 Å². The van der Waals surface area contributed by atoms with E-state index in [1.54, 1.807) is 12.1 Å². The van der Waals surface area contributed by atoms with Gasteiger partial charge in [0.1, 0.15) is 12.4 Å². The van der Waals surface area contributed by atoms with E-state index in [4.69, 9.17) is 0 Å². The van der Waals surface area contributed by atoms with Gasteiger partial charge in [-0.3, -0.25) is 4.79 Å². The van der Waals surface area contributed by atoms with Gasteiger partial charge in [-0.25, -0.2) is 9.38 Å². The van der Waals surface area contributed by atoms with Crippen molar-refractivity contribution in [3.63, 3.8) is 0 Å². The van der Waals surface area contributed by atoms with Crippen molar-refractivity contribution in [2.24, 2.45) is 4.99 Å². The molecule has 1 aromatic carbocycles. The number of amides is 1. The molecule has 1 aliphatic rings. The van der Waals surface area contributed by atoms with Crippen LogP contribution in [-0.2, 0) is 4.79 Å². The van der Waals surface area contributed by atoms with Crippen molar-refractivity contribution in [2.45, 2.75) is 25.8 Å². The first-order chi connectivity index (χ1) is 12.5. The van der Waals surface area contributed by atoms with E-state index in [1.807, 2.05) is 25.9 Å². The molecule has 8 heteroatoms. The monoisotopic (exact) mass is 491 g/mol. The third-order valence-corrected chi connectivity index (χ3v) is 4.52. The van der Waals surface area contributed by atoms with Crippen LogP contribution < -0.4 is 10.6 Å². The van der Waals surface area contributed by atoms with Crippen molar-refractivity contribution in [1.82, 2.24) is 20.4 Å². The minimum atomic E-state index is -0.241. The molecule has 6 nitrogen and oxygen atoms in total. The molecular formula is C19H31FIN5O. The Bertz CT molecular complexity index is 603. The molecule has 0 saturated carbocycles. The number of halogens is 2. The minimum Gasteiger partial charge on any atom is -0.357 e. The molecule has 1 fully saturated rings. The molecule has 0 aromatic heterocycles. The summed E-state index contributed by atoms with van der Waals surface area (Å²) in [5, 5.41) is 6.47. The highest BCUT2D eigenvalue weighted by Gasteiger charge is 2.18. The molecular weight excluding hydrogens is 460 g/mol. The normalized spacial score (nSPS) is 15.4. The summed E-state index contributed by atoms with van der Waals surface area (Å²) in [6, 6.07) is 6.60. The smallest absolute Gasteiger partial charge is 0.244 e. The Balaban J connectivity index is 0.00000364. The molecule has 1 saturated heterocycles. The number of aliphatic imine (C=N–C) groups is 1. The second-order valence-corrected chi connectivity index (χ2v) is 6.69. The first-order valence-corrected chi connectivity index (χ1v) is 9.23. The van der Waals surface area contributed by atoms with Crippen LogP contribution in [0.2, 0.25) is 0 Å². The lowest BCUT2D eigenvalue weighted by molar-refractivity contribution is -0.128. The predicted molar refractivity (Wildman–Crippen MR) is 118 cm³/mol. The number of guanidine groups is 1. The van der Waals surface area contributed by atoms with Gasteiger partial charge in [0, 0.05) is 26.2 Å². The highest BCUT2D eigenvalue weighted by atomic mass is 127. The van der Waals surface area contributed by atoms with Gasteiger partial charge < -0.3 is 20.4 Å². The molecule has 0 aliphatic carbocycles. The van der Waals surface area contributed by atoms with Crippen LogP contribution in [0.15, 0.2) is 29.3 Å². The Morgan fingerprint density at radius 1 is 1.22 bits per heavy atom. The van der Waals surface area contributed by atoms with Crippen molar-refractivity contribution in [3.8, 4) is 0 Å². The second-order valence-electron chi connectivity index (χ2n) is 6.69. The lowest BCUT2D eigenvalue weighted by Gasteiger charge is -2.26. The molecule has 1 amide bonds. The first kappa shape index (κ1) is 23.6. The van der Waals surface area contributed by atoms with Crippen molar-refractivity contribution in [1.29, 1.82) is 0 Å². The summed E-state index contributed by atoms with van der Waals surface area (Å²) in [4.78, 5) is 20.5. The Kier molecular flexibility index (Phi) is 10.6. The maximum atomic E-state index is 13.2. The number of carbonyl (C=O) groups is 1.